The first kappa shape index (κ1) is 23.9. The van der Waals surface area contributed by atoms with E-state index in [1.54, 1.807) is 0 Å². The van der Waals surface area contributed by atoms with Gasteiger partial charge in [0.2, 0.25) is 0 Å². The first-order valence-corrected chi connectivity index (χ1v) is 11.3. The standard InChI is InChI=1S/C19H33F3N6S/c1-3-23-18(25-9-7-17-26-16(15-29-17)19(20,21)22)24-8-5-6-10-28-13-11-27(4-2)12-14-28/h15H,3-14H2,1-2H3,(H2,23,24,25). The minimum Gasteiger partial charge on any atom is -0.357 e. The highest BCUT2D eigenvalue weighted by Gasteiger charge is 2.33. The van der Waals surface area contributed by atoms with Crippen LogP contribution in [-0.4, -0.2) is 79.6 Å². The van der Waals surface area contributed by atoms with Gasteiger partial charge in [0.15, 0.2) is 11.7 Å². The number of guanidine groups is 1. The summed E-state index contributed by atoms with van der Waals surface area (Å²) in [5, 5.41) is 7.89. The van der Waals surface area contributed by atoms with Crippen molar-refractivity contribution in [2.75, 3.05) is 58.9 Å². The van der Waals surface area contributed by atoms with Crippen molar-refractivity contribution in [3.63, 3.8) is 0 Å². The van der Waals surface area contributed by atoms with E-state index in [0.717, 1.165) is 81.9 Å². The molecule has 10 heteroatoms. The lowest BCUT2D eigenvalue weighted by atomic mass is 10.2. The van der Waals surface area contributed by atoms with Crippen LogP contribution in [0.2, 0.25) is 0 Å². The monoisotopic (exact) mass is 434 g/mol. The Labute approximate surface area is 175 Å². The number of piperazine rings is 1. The van der Waals surface area contributed by atoms with Gasteiger partial charge in [-0.25, -0.2) is 4.98 Å². The number of aromatic nitrogens is 1. The number of aliphatic imine (C=N–C) groups is 1. The molecule has 2 N–H and O–H groups in total. The number of halogens is 3. The molecule has 1 aliphatic heterocycles. The van der Waals surface area contributed by atoms with Crippen LogP contribution in [0.3, 0.4) is 0 Å². The van der Waals surface area contributed by atoms with Gasteiger partial charge in [0.1, 0.15) is 0 Å². The van der Waals surface area contributed by atoms with E-state index in [9.17, 15) is 13.2 Å². The van der Waals surface area contributed by atoms with Gasteiger partial charge in [-0.05, 0) is 32.9 Å². The molecule has 0 saturated carbocycles. The summed E-state index contributed by atoms with van der Waals surface area (Å²) in [5.74, 6) is 0.705. The Hall–Kier alpha value is -1.39. The van der Waals surface area contributed by atoms with Crippen LogP contribution in [0.25, 0.3) is 0 Å². The molecule has 0 spiro atoms. The van der Waals surface area contributed by atoms with Crippen molar-refractivity contribution in [1.29, 1.82) is 0 Å². The van der Waals surface area contributed by atoms with Crippen molar-refractivity contribution in [3.8, 4) is 0 Å². The van der Waals surface area contributed by atoms with Gasteiger partial charge in [-0.2, -0.15) is 13.2 Å². The average molecular weight is 435 g/mol. The third-order valence-electron chi connectivity index (χ3n) is 4.88. The van der Waals surface area contributed by atoms with Gasteiger partial charge < -0.3 is 20.4 Å². The largest absolute Gasteiger partial charge is 0.434 e. The third kappa shape index (κ3) is 8.88. The molecule has 0 unspecified atom stereocenters. The van der Waals surface area contributed by atoms with E-state index in [0.29, 0.717) is 23.9 Å². The molecule has 0 aliphatic carbocycles. The highest BCUT2D eigenvalue weighted by Crippen LogP contribution is 2.29. The van der Waals surface area contributed by atoms with Gasteiger partial charge in [0.25, 0.3) is 0 Å². The Morgan fingerprint density at radius 3 is 2.48 bits per heavy atom. The van der Waals surface area contributed by atoms with Crippen molar-refractivity contribution >= 4 is 17.3 Å². The Morgan fingerprint density at radius 2 is 1.86 bits per heavy atom. The van der Waals surface area contributed by atoms with Crippen LogP contribution in [0, 0.1) is 0 Å². The fourth-order valence-corrected chi connectivity index (χ4v) is 3.96. The Kier molecular flexibility index (Phi) is 10.2. The molecule has 2 rings (SSSR count). The second-order valence-corrected chi connectivity index (χ2v) is 7.99. The fourth-order valence-electron chi connectivity index (χ4n) is 3.15. The zero-order chi connectivity index (χ0) is 21.1. The summed E-state index contributed by atoms with van der Waals surface area (Å²) in [6.07, 6.45) is -1.79. The second kappa shape index (κ2) is 12.3. The first-order valence-electron chi connectivity index (χ1n) is 10.4. The van der Waals surface area contributed by atoms with Crippen molar-refractivity contribution in [2.45, 2.75) is 39.3 Å². The summed E-state index contributed by atoms with van der Waals surface area (Å²) in [6, 6.07) is 0. The van der Waals surface area contributed by atoms with Gasteiger partial charge in [0, 0.05) is 57.6 Å². The number of thiazole rings is 1. The Balaban J connectivity index is 1.64. The van der Waals surface area contributed by atoms with Crippen LogP contribution in [0.5, 0.6) is 0 Å². The average Bonchev–Trinajstić information content (AvgIpc) is 3.17. The molecule has 6 nitrogen and oxygen atoms in total. The number of hydrogen-bond donors (Lipinski definition) is 2. The molecule has 0 bridgehead atoms. The van der Waals surface area contributed by atoms with E-state index in [1.165, 1.54) is 0 Å². The predicted octanol–water partition coefficient (Wildman–Crippen LogP) is 2.68. The molecule has 1 aromatic heterocycles. The van der Waals surface area contributed by atoms with Crippen molar-refractivity contribution in [2.24, 2.45) is 4.99 Å². The topological polar surface area (TPSA) is 55.8 Å². The van der Waals surface area contributed by atoms with Gasteiger partial charge >= 0.3 is 6.18 Å². The van der Waals surface area contributed by atoms with Gasteiger partial charge in [-0.1, -0.05) is 6.92 Å². The molecule has 1 fully saturated rings. The molecule has 0 radical (unpaired) electrons. The third-order valence-corrected chi connectivity index (χ3v) is 5.79. The summed E-state index contributed by atoms with van der Waals surface area (Å²) in [4.78, 5) is 13.2. The number of rotatable bonds is 10. The lowest BCUT2D eigenvalue weighted by Crippen LogP contribution is -2.46. The molecule has 1 aromatic rings. The van der Waals surface area contributed by atoms with Crippen LogP contribution in [0.15, 0.2) is 10.4 Å². The van der Waals surface area contributed by atoms with E-state index < -0.39 is 11.9 Å². The second-order valence-electron chi connectivity index (χ2n) is 7.04. The maximum absolute atomic E-state index is 12.6. The molecule has 29 heavy (non-hydrogen) atoms. The quantitative estimate of drug-likeness (QED) is 0.337. The predicted molar refractivity (Wildman–Crippen MR) is 113 cm³/mol. The number of hydrogen-bond acceptors (Lipinski definition) is 5. The molecule has 0 atom stereocenters. The number of likely N-dealkylation sites (N-methyl/N-ethyl adjacent to an activating group) is 1. The van der Waals surface area contributed by atoms with E-state index >= 15 is 0 Å². The van der Waals surface area contributed by atoms with E-state index in [-0.39, 0.29) is 0 Å². The maximum atomic E-state index is 12.6. The van der Waals surface area contributed by atoms with E-state index in [1.807, 2.05) is 6.92 Å². The highest BCUT2D eigenvalue weighted by molar-refractivity contribution is 7.09. The van der Waals surface area contributed by atoms with Gasteiger partial charge in [-0.3, -0.25) is 4.99 Å². The molecule has 166 valence electrons. The first-order chi connectivity index (χ1) is 13.9. The summed E-state index contributed by atoms with van der Waals surface area (Å²) in [7, 11) is 0. The molecule has 1 saturated heterocycles. The van der Waals surface area contributed by atoms with E-state index in [2.05, 4.69) is 37.3 Å². The number of nitrogens with zero attached hydrogens (tertiary/aromatic N) is 4. The van der Waals surface area contributed by atoms with Gasteiger partial charge in [-0.15, -0.1) is 11.3 Å². The lowest BCUT2D eigenvalue weighted by Gasteiger charge is -2.33. The van der Waals surface area contributed by atoms with Crippen molar-refractivity contribution < 1.29 is 13.2 Å². The van der Waals surface area contributed by atoms with Crippen LogP contribution in [-0.2, 0) is 12.6 Å². The molecule has 1 aliphatic rings. The number of nitrogens with one attached hydrogen (secondary N) is 2. The number of alkyl halides is 3. The minimum absolute atomic E-state index is 0.439. The molecule has 2 heterocycles. The van der Waals surface area contributed by atoms with Crippen LogP contribution in [0.4, 0.5) is 13.2 Å². The summed E-state index contributed by atoms with van der Waals surface area (Å²) in [6.45, 7) is 13.0. The SMILES string of the molecule is CCNC(=NCCCCN1CCN(CC)CC1)NCCc1nc(C(F)(F)F)cs1. The molecule has 0 amide bonds. The smallest absolute Gasteiger partial charge is 0.357 e. The summed E-state index contributed by atoms with van der Waals surface area (Å²) < 4.78 is 37.8. The van der Waals surface area contributed by atoms with Gasteiger partial charge in [0.05, 0.1) is 5.01 Å². The molecule has 0 aromatic carbocycles. The fraction of sp³-hybridized carbons (Fsp3) is 0.789. The van der Waals surface area contributed by atoms with Crippen molar-refractivity contribution in [3.05, 3.63) is 16.1 Å². The molecular weight excluding hydrogens is 401 g/mol. The summed E-state index contributed by atoms with van der Waals surface area (Å²) in [5.41, 5.74) is -0.811. The zero-order valence-electron chi connectivity index (χ0n) is 17.4. The lowest BCUT2D eigenvalue weighted by molar-refractivity contribution is -0.140. The normalized spacial score (nSPS) is 16.9. The van der Waals surface area contributed by atoms with Crippen molar-refractivity contribution in [1.82, 2.24) is 25.4 Å². The zero-order valence-corrected chi connectivity index (χ0v) is 18.2. The Bertz CT molecular complexity index is 611. The molecular formula is C19H33F3N6S. The van der Waals surface area contributed by atoms with E-state index in [4.69, 9.17) is 0 Å². The highest BCUT2D eigenvalue weighted by atomic mass is 32.1. The van der Waals surface area contributed by atoms with Crippen LogP contribution >= 0.6 is 11.3 Å². The summed E-state index contributed by atoms with van der Waals surface area (Å²) >= 11 is 1.04. The Morgan fingerprint density at radius 1 is 1.14 bits per heavy atom. The maximum Gasteiger partial charge on any atom is 0.434 e. The minimum atomic E-state index is -4.37. The van der Waals surface area contributed by atoms with Crippen LogP contribution in [0.1, 0.15) is 37.4 Å². The van der Waals surface area contributed by atoms with Crippen LogP contribution < -0.4 is 10.6 Å². The number of unbranched alkanes of at least 4 members (excludes halogenated alkanes) is 1.